The molecular weight excluding hydrogens is 734 g/mol. The van der Waals surface area contributed by atoms with Gasteiger partial charge < -0.3 is 15.5 Å². The molecule has 14 nitrogen and oxygen atoms in total. The van der Waals surface area contributed by atoms with Crippen molar-refractivity contribution in [1.29, 1.82) is 0 Å². The van der Waals surface area contributed by atoms with Gasteiger partial charge in [0.05, 0.1) is 44.3 Å². The van der Waals surface area contributed by atoms with Crippen LogP contribution in [0.25, 0.3) is 11.3 Å². The van der Waals surface area contributed by atoms with E-state index in [4.69, 9.17) is 17.3 Å². The molecule has 3 saturated heterocycles. The van der Waals surface area contributed by atoms with Crippen LogP contribution in [0.1, 0.15) is 53.0 Å². The Hall–Kier alpha value is -5.86. The smallest absolute Gasteiger partial charge is 0.262 e. The van der Waals surface area contributed by atoms with Gasteiger partial charge in [0.1, 0.15) is 6.04 Å². The summed E-state index contributed by atoms with van der Waals surface area (Å²) in [6.45, 7) is 9.89. The fraction of sp³-hybridized carbons (Fsp3) is 0.341. The van der Waals surface area contributed by atoms with Crippen LogP contribution in [0.3, 0.4) is 0 Å². The summed E-state index contributed by atoms with van der Waals surface area (Å²) >= 11 is 6.30. The molecule has 0 radical (unpaired) electrons. The highest BCUT2D eigenvalue weighted by Gasteiger charge is 2.46. The van der Waals surface area contributed by atoms with E-state index >= 15 is 0 Å². The molecule has 5 aliphatic rings. The second-order valence-electron chi connectivity index (χ2n) is 15.7. The first-order chi connectivity index (χ1) is 26.9. The number of nitrogens with one attached hydrogen (secondary N) is 1. The number of aromatic nitrogens is 2. The van der Waals surface area contributed by atoms with Crippen LogP contribution in [0.5, 0.6) is 0 Å². The van der Waals surface area contributed by atoms with Crippen LogP contribution in [0.15, 0.2) is 66.7 Å². The standard InChI is InChI=1S/C41H40ClN9O5/c1-41(2)29-17-24(3-9-33(29)50(40(41)56)26-5-7-31(43)30(42)19-26)32-8-11-35(46-45-32)49-21-23(22-49)20-47-13-15-48(16-14-47)25-4-6-27-28(18-25)39(55)51(38(27)54)34-10-12-36(52)44-37(34)53/h3-9,11,17-19,23,34H,10,12-16,20-22,43H2,1-2H3,(H,44,52,53). The maximum atomic E-state index is 13.6. The normalized spacial score (nSPS) is 21.1. The van der Waals surface area contributed by atoms with E-state index in [1.54, 1.807) is 35.2 Å². The summed E-state index contributed by atoms with van der Waals surface area (Å²) in [6.07, 6.45) is 0.219. The van der Waals surface area contributed by atoms with Gasteiger partial charge in [-0.05, 0) is 86.5 Å². The summed E-state index contributed by atoms with van der Waals surface area (Å²) in [7, 11) is 0. The Balaban J connectivity index is 0.785. The van der Waals surface area contributed by atoms with Gasteiger partial charge in [-0.25, -0.2) is 0 Å². The first kappa shape index (κ1) is 35.8. The minimum absolute atomic E-state index is 0.0433. The highest BCUT2D eigenvalue weighted by atomic mass is 35.5. The van der Waals surface area contributed by atoms with Crippen LogP contribution < -0.4 is 25.8 Å². The van der Waals surface area contributed by atoms with Gasteiger partial charge in [0.25, 0.3) is 11.8 Å². The fourth-order valence-electron chi connectivity index (χ4n) is 8.54. The maximum Gasteiger partial charge on any atom is 0.262 e. The Labute approximate surface area is 328 Å². The van der Waals surface area contributed by atoms with Crippen molar-refractivity contribution in [2.24, 2.45) is 5.92 Å². The third-order valence-corrected chi connectivity index (χ3v) is 12.1. The SMILES string of the molecule is CC1(C)C(=O)N(c2ccc(N)c(Cl)c2)c2ccc(-c3ccc(N4CC(CN5CCN(c6ccc7c(c6)C(=O)N(C6CCC(=O)NC6=O)C7=O)CC5)C4)nn3)cc21. The van der Waals surface area contributed by atoms with Crippen molar-refractivity contribution >= 4 is 69.7 Å². The molecule has 1 unspecified atom stereocenters. The zero-order chi connectivity index (χ0) is 39.0. The van der Waals surface area contributed by atoms with Crippen molar-refractivity contribution in [2.75, 3.05) is 66.2 Å². The van der Waals surface area contributed by atoms with E-state index in [9.17, 15) is 24.0 Å². The van der Waals surface area contributed by atoms with Gasteiger partial charge in [-0.2, -0.15) is 0 Å². The molecule has 9 rings (SSSR count). The molecule has 5 amide bonds. The highest BCUT2D eigenvalue weighted by molar-refractivity contribution is 6.33. The van der Waals surface area contributed by atoms with E-state index in [1.807, 2.05) is 50.2 Å². The number of rotatable bonds is 7. The largest absolute Gasteiger partial charge is 0.398 e. The summed E-state index contributed by atoms with van der Waals surface area (Å²) in [5.74, 6) is -0.708. The van der Waals surface area contributed by atoms with E-state index in [1.165, 1.54) is 0 Å². The van der Waals surface area contributed by atoms with E-state index in [2.05, 4.69) is 30.2 Å². The minimum Gasteiger partial charge on any atom is -0.398 e. The van der Waals surface area contributed by atoms with Crippen LogP contribution in [0.4, 0.5) is 28.6 Å². The summed E-state index contributed by atoms with van der Waals surface area (Å²) in [4.78, 5) is 73.7. The number of nitrogen functional groups attached to an aromatic ring is 1. The number of piperidine rings is 1. The Morgan fingerprint density at radius 2 is 1.57 bits per heavy atom. The number of carbonyl (C=O) groups is 5. The van der Waals surface area contributed by atoms with Gasteiger partial charge in [0.2, 0.25) is 17.7 Å². The summed E-state index contributed by atoms with van der Waals surface area (Å²) in [5, 5.41) is 11.8. The number of halogens is 1. The number of nitrogens with zero attached hydrogens (tertiary/aromatic N) is 7. The molecule has 4 aromatic rings. The van der Waals surface area contributed by atoms with Crippen LogP contribution in [0, 0.1) is 5.92 Å². The molecule has 0 bridgehead atoms. The molecule has 0 aliphatic carbocycles. The highest BCUT2D eigenvalue weighted by Crippen LogP contribution is 2.47. The maximum absolute atomic E-state index is 13.6. The lowest BCUT2D eigenvalue weighted by atomic mass is 9.85. The lowest BCUT2D eigenvalue weighted by molar-refractivity contribution is -0.136. The van der Waals surface area contributed by atoms with Gasteiger partial charge in [0, 0.05) is 69.4 Å². The van der Waals surface area contributed by atoms with Gasteiger partial charge in [0.15, 0.2) is 5.82 Å². The molecule has 1 aromatic heterocycles. The summed E-state index contributed by atoms with van der Waals surface area (Å²) in [6, 6.07) is 19.5. The number of hydrogen-bond donors (Lipinski definition) is 2. The predicted molar refractivity (Wildman–Crippen MR) is 211 cm³/mol. The van der Waals surface area contributed by atoms with E-state index < -0.39 is 35.1 Å². The molecule has 56 heavy (non-hydrogen) atoms. The first-order valence-electron chi connectivity index (χ1n) is 18.8. The van der Waals surface area contributed by atoms with Crippen LogP contribution in [-0.4, -0.2) is 101 Å². The molecule has 5 aliphatic heterocycles. The predicted octanol–water partition coefficient (Wildman–Crippen LogP) is 3.99. The number of anilines is 5. The van der Waals surface area contributed by atoms with Gasteiger partial charge in [-0.15, -0.1) is 10.2 Å². The average molecular weight is 774 g/mol. The molecule has 6 heterocycles. The zero-order valence-corrected chi connectivity index (χ0v) is 31.8. The molecule has 1 atom stereocenters. The Morgan fingerprint density at radius 1 is 0.821 bits per heavy atom. The number of fused-ring (bicyclic) bond motifs is 2. The van der Waals surface area contributed by atoms with E-state index in [0.29, 0.717) is 27.9 Å². The van der Waals surface area contributed by atoms with Crippen molar-refractivity contribution in [3.05, 3.63) is 88.4 Å². The molecule has 286 valence electrons. The number of amides is 5. The lowest BCUT2D eigenvalue weighted by Crippen LogP contribution is -2.55. The summed E-state index contributed by atoms with van der Waals surface area (Å²) < 4.78 is 0. The monoisotopic (exact) mass is 773 g/mol. The molecule has 3 aromatic carbocycles. The number of carbonyl (C=O) groups excluding carboxylic acids is 5. The third kappa shape index (κ3) is 5.95. The molecule has 3 fully saturated rings. The molecular formula is C41H40ClN9O5. The second kappa shape index (κ2) is 13.4. The molecule has 0 saturated carbocycles. The molecule has 3 N–H and O–H groups in total. The zero-order valence-electron chi connectivity index (χ0n) is 31.0. The van der Waals surface area contributed by atoms with Crippen molar-refractivity contribution in [2.45, 2.75) is 38.1 Å². The number of benzene rings is 3. The van der Waals surface area contributed by atoms with Gasteiger partial charge in [-0.3, -0.25) is 44.0 Å². The first-order valence-corrected chi connectivity index (χ1v) is 19.2. The fourth-order valence-corrected chi connectivity index (χ4v) is 8.71. The van der Waals surface area contributed by atoms with E-state index in [0.717, 1.165) is 84.7 Å². The van der Waals surface area contributed by atoms with E-state index in [-0.39, 0.29) is 24.3 Å². The Bertz CT molecular complexity index is 2340. The van der Waals surface area contributed by atoms with Crippen LogP contribution in [-0.2, 0) is 19.8 Å². The van der Waals surface area contributed by atoms with Gasteiger partial charge >= 0.3 is 0 Å². The van der Waals surface area contributed by atoms with Crippen LogP contribution in [0.2, 0.25) is 5.02 Å². The number of hydrogen-bond acceptors (Lipinski definition) is 11. The molecule has 15 heteroatoms. The Morgan fingerprint density at radius 3 is 2.29 bits per heavy atom. The number of piperazine rings is 1. The van der Waals surface area contributed by atoms with Crippen molar-refractivity contribution < 1.29 is 24.0 Å². The average Bonchev–Trinajstić information content (AvgIpc) is 3.54. The number of nitrogens with two attached hydrogens (primary N) is 1. The summed E-state index contributed by atoms with van der Waals surface area (Å²) in [5.41, 5.74) is 11.1. The lowest BCUT2D eigenvalue weighted by Gasteiger charge is -2.44. The minimum atomic E-state index is -0.978. The number of imide groups is 2. The van der Waals surface area contributed by atoms with Crippen molar-refractivity contribution in [3.63, 3.8) is 0 Å². The van der Waals surface area contributed by atoms with Gasteiger partial charge in [-0.1, -0.05) is 17.7 Å². The molecule has 0 spiro atoms. The van der Waals surface area contributed by atoms with Crippen LogP contribution >= 0.6 is 11.6 Å². The quantitative estimate of drug-likeness (QED) is 0.206. The Kier molecular flexibility index (Phi) is 8.58. The topological polar surface area (TPSA) is 165 Å². The third-order valence-electron chi connectivity index (χ3n) is 11.8. The van der Waals surface area contributed by atoms with Crippen molar-refractivity contribution in [3.8, 4) is 11.3 Å². The van der Waals surface area contributed by atoms with Crippen molar-refractivity contribution in [1.82, 2.24) is 25.3 Å². The second-order valence-corrected chi connectivity index (χ2v) is 16.1.